The van der Waals surface area contributed by atoms with E-state index in [9.17, 15) is 0 Å². The third-order valence-electron chi connectivity index (χ3n) is 3.39. The average molecular weight is 228 g/mol. The third kappa shape index (κ3) is 5.83. The molecule has 3 nitrogen and oxygen atoms in total. The van der Waals surface area contributed by atoms with Crippen LogP contribution in [0.1, 0.15) is 39.0 Å². The molecule has 1 saturated heterocycles. The van der Waals surface area contributed by atoms with Crippen LogP contribution in [0.3, 0.4) is 0 Å². The van der Waals surface area contributed by atoms with E-state index in [0.717, 1.165) is 6.42 Å². The van der Waals surface area contributed by atoms with Crippen LogP contribution < -0.4 is 0 Å². The maximum atomic E-state index is 8.68. The Balaban J connectivity index is 1.95. The van der Waals surface area contributed by atoms with E-state index in [0.29, 0.717) is 6.61 Å². The molecule has 0 aromatic carbocycles. The third-order valence-corrected chi connectivity index (χ3v) is 3.39. The quantitative estimate of drug-likeness (QED) is 0.639. The van der Waals surface area contributed by atoms with Crippen molar-refractivity contribution in [2.24, 2.45) is 0 Å². The zero-order valence-corrected chi connectivity index (χ0v) is 10.8. The normalized spacial score (nSPS) is 19.1. The number of hydrogen-bond donors (Lipinski definition) is 1. The van der Waals surface area contributed by atoms with Crippen LogP contribution in [0.4, 0.5) is 0 Å². The maximum Gasteiger partial charge on any atom is 0.0431 e. The average Bonchev–Trinajstić information content (AvgIpc) is 2.31. The molecular formula is C13H28N2O. The second-order valence-electron chi connectivity index (χ2n) is 4.82. The molecule has 0 aromatic heterocycles. The predicted octanol–water partition coefficient (Wildman–Crippen LogP) is 1.57. The van der Waals surface area contributed by atoms with Gasteiger partial charge in [-0.25, -0.2) is 0 Å². The SMILES string of the molecule is CCCN1CCN(CCCCCCO)CC1. The molecule has 16 heavy (non-hydrogen) atoms. The fraction of sp³-hybridized carbons (Fsp3) is 1.00. The minimum atomic E-state index is 0.357. The Morgan fingerprint density at radius 1 is 0.812 bits per heavy atom. The number of rotatable bonds is 8. The molecule has 0 aromatic rings. The highest BCUT2D eigenvalue weighted by atomic mass is 16.2. The summed E-state index contributed by atoms with van der Waals surface area (Å²) in [6.45, 7) is 10.1. The monoisotopic (exact) mass is 228 g/mol. The lowest BCUT2D eigenvalue weighted by Crippen LogP contribution is -2.46. The molecular weight excluding hydrogens is 200 g/mol. The van der Waals surface area contributed by atoms with Crippen LogP contribution in [0, 0.1) is 0 Å². The number of nitrogens with zero attached hydrogens (tertiary/aromatic N) is 2. The van der Waals surface area contributed by atoms with Crippen molar-refractivity contribution >= 4 is 0 Å². The Kier molecular flexibility index (Phi) is 7.81. The second-order valence-corrected chi connectivity index (χ2v) is 4.82. The van der Waals surface area contributed by atoms with Crippen molar-refractivity contribution in [1.82, 2.24) is 9.80 Å². The van der Waals surface area contributed by atoms with Crippen LogP contribution in [0.25, 0.3) is 0 Å². The largest absolute Gasteiger partial charge is 0.396 e. The van der Waals surface area contributed by atoms with Gasteiger partial charge in [0.1, 0.15) is 0 Å². The summed E-state index contributed by atoms with van der Waals surface area (Å²) in [4.78, 5) is 5.16. The first-order valence-electron chi connectivity index (χ1n) is 6.92. The van der Waals surface area contributed by atoms with E-state index in [-0.39, 0.29) is 0 Å². The minimum Gasteiger partial charge on any atom is -0.396 e. The zero-order valence-electron chi connectivity index (χ0n) is 10.8. The molecule has 0 atom stereocenters. The van der Waals surface area contributed by atoms with Gasteiger partial charge < -0.3 is 14.9 Å². The van der Waals surface area contributed by atoms with E-state index in [2.05, 4.69) is 16.7 Å². The van der Waals surface area contributed by atoms with Crippen molar-refractivity contribution < 1.29 is 5.11 Å². The topological polar surface area (TPSA) is 26.7 Å². The van der Waals surface area contributed by atoms with E-state index < -0.39 is 0 Å². The van der Waals surface area contributed by atoms with Gasteiger partial charge in [-0.2, -0.15) is 0 Å². The van der Waals surface area contributed by atoms with Gasteiger partial charge in [0, 0.05) is 32.8 Å². The Hall–Kier alpha value is -0.120. The smallest absolute Gasteiger partial charge is 0.0431 e. The van der Waals surface area contributed by atoms with Crippen LogP contribution in [-0.4, -0.2) is 60.8 Å². The summed E-state index contributed by atoms with van der Waals surface area (Å²) in [6, 6.07) is 0. The van der Waals surface area contributed by atoms with Crippen molar-refractivity contribution in [3.05, 3.63) is 0 Å². The molecule has 1 fully saturated rings. The summed E-state index contributed by atoms with van der Waals surface area (Å²) < 4.78 is 0. The van der Waals surface area contributed by atoms with Crippen LogP contribution in [-0.2, 0) is 0 Å². The Morgan fingerprint density at radius 3 is 1.94 bits per heavy atom. The maximum absolute atomic E-state index is 8.68. The van der Waals surface area contributed by atoms with Crippen LogP contribution in [0.15, 0.2) is 0 Å². The minimum absolute atomic E-state index is 0.357. The molecule has 0 saturated carbocycles. The molecule has 3 heteroatoms. The van der Waals surface area contributed by atoms with Crippen molar-refractivity contribution in [2.75, 3.05) is 45.9 Å². The highest BCUT2D eigenvalue weighted by molar-refractivity contribution is 4.71. The van der Waals surface area contributed by atoms with Gasteiger partial charge in [0.25, 0.3) is 0 Å². The summed E-state index contributed by atoms with van der Waals surface area (Å²) in [5, 5.41) is 8.68. The highest BCUT2D eigenvalue weighted by Gasteiger charge is 2.14. The van der Waals surface area contributed by atoms with E-state index in [4.69, 9.17) is 5.11 Å². The Bertz CT molecular complexity index is 156. The summed E-state index contributed by atoms with van der Waals surface area (Å²) in [7, 11) is 0. The number of unbranched alkanes of at least 4 members (excludes halogenated alkanes) is 3. The predicted molar refractivity (Wildman–Crippen MR) is 68.7 cm³/mol. The zero-order chi connectivity index (χ0) is 11.6. The number of piperazine rings is 1. The molecule has 1 rings (SSSR count). The molecule has 1 aliphatic rings. The summed E-state index contributed by atoms with van der Waals surface area (Å²) in [6.07, 6.45) is 6.02. The lowest BCUT2D eigenvalue weighted by molar-refractivity contribution is 0.130. The number of aliphatic hydroxyl groups is 1. The van der Waals surface area contributed by atoms with Gasteiger partial charge in [0.15, 0.2) is 0 Å². The number of aliphatic hydroxyl groups excluding tert-OH is 1. The second kappa shape index (κ2) is 8.97. The Labute approximate surface area is 100 Å². The fourth-order valence-electron chi connectivity index (χ4n) is 2.35. The van der Waals surface area contributed by atoms with E-state index in [1.165, 1.54) is 65.0 Å². The molecule has 0 radical (unpaired) electrons. The van der Waals surface area contributed by atoms with Crippen molar-refractivity contribution in [2.45, 2.75) is 39.0 Å². The van der Waals surface area contributed by atoms with Gasteiger partial charge in [-0.05, 0) is 32.4 Å². The lowest BCUT2D eigenvalue weighted by Gasteiger charge is -2.34. The molecule has 0 bridgehead atoms. The lowest BCUT2D eigenvalue weighted by atomic mass is 10.2. The fourth-order valence-corrected chi connectivity index (χ4v) is 2.35. The van der Waals surface area contributed by atoms with Crippen LogP contribution >= 0.6 is 0 Å². The van der Waals surface area contributed by atoms with Crippen LogP contribution in [0.2, 0.25) is 0 Å². The van der Waals surface area contributed by atoms with Crippen molar-refractivity contribution in [3.63, 3.8) is 0 Å². The summed E-state index contributed by atoms with van der Waals surface area (Å²) in [5.74, 6) is 0. The van der Waals surface area contributed by atoms with Gasteiger partial charge >= 0.3 is 0 Å². The Morgan fingerprint density at radius 2 is 1.38 bits per heavy atom. The van der Waals surface area contributed by atoms with Crippen molar-refractivity contribution in [3.8, 4) is 0 Å². The molecule has 0 unspecified atom stereocenters. The molecule has 0 spiro atoms. The van der Waals surface area contributed by atoms with Crippen LogP contribution in [0.5, 0.6) is 0 Å². The summed E-state index contributed by atoms with van der Waals surface area (Å²) >= 11 is 0. The molecule has 96 valence electrons. The molecule has 1 N–H and O–H groups in total. The van der Waals surface area contributed by atoms with E-state index in [1.807, 2.05) is 0 Å². The molecule has 1 aliphatic heterocycles. The van der Waals surface area contributed by atoms with Gasteiger partial charge in [-0.1, -0.05) is 19.8 Å². The van der Waals surface area contributed by atoms with E-state index in [1.54, 1.807) is 0 Å². The first kappa shape index (κ1) is 13.9. The highest BCUT2D eigenvalue weighted by Crippen LogP contribution is 2.06. The standard InChI is InChI=1S/C13H28N2O/c1-2-7-14-9-11-15(12-10-14)8-5-3-4-6-13-16/h16H,2-13H2,1H3. The molecule has 0 amide bonds. The van der Waals surface area contributed by atoms with Gasteiger partial charge in [0.2, 0.25) is 0 Å². The van der Waals surface area contributed by atoms with E-state index >= 15 is 0 Å². The van der Waals surface area contributed by atoms with Gasteiger partial charge in [-0.3, -0.25) is 0 Å². The first-order valence-corrected chi connectivity index (χ1v) is 6.92. The first-order chi connectivity index (χ1) is 7.86. The van der Waals surface area contributed by atoms with Gasteiger partial charge in [0.05, 0.1) is 0 Å². The summed E-state index contributed by atoms with van der Waals surface area (Å²) in [5.41, 5.74) is 0. The number of hydrogen-bond acceptors (Lipinski definition) is 3. The molecule has 1 heterocycles. The van der Waals surface area contributed by atoms with Crippen molar-refractivity contribution in [1.29, 1.82) is 0 Å². The van der Waals surface area contributed by atoms with Gasteiger partial charge in [-0.15, -0.1) is 0 Å². The molecule has 0 aliphatic carbocycles.